The Balaban J connectivity index is 0.000000201. The summed E-state index contributed by atoms with van der Waals surface area (Å²) in [7, 11) is 0. The van der Waals surface area contributed by atoms with Crippen LogP contribution in [0.2, 0.25) is 10.0 Å². The number of amides is 6. The van der Waals surface area contributed by atoms with E-state index in [2.05, 4.69) is 47.8 Å². The van der Waals surface area contributed by atoms with Crippen LogP contribution >= 0.6 is 39.1 Å². The molecular formula is C121H121BrCl2N6O20. The maximum absolute atomic E-state index is 12.2. The molecule has 0 unspecified atom stereocenters. The number of benzene rings is 12. The number of carboxylic acid groups (broad SMARTS) is 6. The number of rotatable bonds is 28. The van der Waals surface area contributed by atoms with E-state index in [-0.39, 0.29) is 108 Å². The Labute approximate surface area is 891 Å². The molecule has 2 aliphatic carbocycles. The maximum atomic E-state index is 12.2. The zero-order valence-electron chi connectivity index (χ0n) is 84.8. The Morgan fingerprint density at radius 2 is 0.580 bits per heavy atom. The van der Waals surface area contributed by atoms with Gasteiger partial charge in [-0.2, -0.15) is 0 Å². The predicted molar refractivity (Wildman–Crippen MR) is 599 cm³/mol. The summed E-state index contributed by atoms with van der Waals surface area (Å²) in [6.07, 6.45) is 34.9. The van der Waals surface area contributed by atoms with Gasteiger partial charge in [0.1, 0.15) is 17.1 Å². The summed E-state index contributed by atoms with van der Waals surface area (Å²) in [5.74, 6) is -7.14. The van der Waals surface area contributed by atoms with Gasteiger partial charge in [0.2, 0.25) is 35.4 Å². The van der Waals surface area contributed by atoms with Gasteiger partial charge >= 0.3 is 35.8 Å². The molecule has 29 heteroatoms. The third kappa shape index (κ3) is 39.0. The lowest BCUT2D eigenvalue weighted by Gasteiger charge is -2.22. The molecule has 2 saturated carbocycles. The van der Waals surface area contributed by atoms with Crippen LogP contribution in [0.5, 0.6) is 11.5 Å². The summed E-state index contributed by atoms with van der Waals surface area (Å²) in [4.78, 5) is 139. The fourth-order valence-corrected chi connectivity index (χ4v) is 16.2. The minimum absolute atomic E-state index is 0.0427. The first kappa shape index (κ1) is 117. The van der Waals surface area contributed by atoms with E-state index in [0.29, 0.717) is 10.2 Å². The van der Waals surface area contributed by atoms with Gasteiger partial charge in [-0.15, -0.1) is 0 Å². The van der Waals surface area contributed by atoms with Crippen LogP contribution in [-0.2, 0) is 28.8 Å². The van der Waals surface area contributed by atoms with Crippen molar-refractivity contribution in [3.8, 4) is 11.5 Å². The van der Waals surface area contributed by atoms with Crippen LogP contribution in [0.15, 0.2) is 278 Å². The largest absolute Gasteiger partial charge is 0.490 e. The highest BCUT2D eigenvalue weighted by atomic mass is 79.9. The highest BCUT2D eigenvalue weighted by molar-refractivity contribution is 9.10. The Morgan fingerprint density at radius 3 is 0.947 bits per heavy atom. The van der Waals surface area contributed by atoms with E-state index in [1.54, 1.807) is 103 Å². The number of halogens is 3. The topological polar surface area (TPSA) is 417 Å². The minimum Gasteiger partial charge on any atom is -0.490 e. The van der Waals surface area contributed by atoms with Gasteiger partial charge < -0.3 is 72.0 Å². The van der Waals surface area contributed by atoms with Crippen molar-refractivity contribution >= 4 is 181 Å². The van der Waals surface area contributed by atoms with E-state index in [0.717, 1.165) is 104 Å². The number of anilines is 6. The molecule has 150 heavy (non-hydrogen) atoms. The molecule has 2 aliphatic rings. The van der Waals surface area contributed by atoms with E-state index in [9.17, 15) is 72.9 Å². The zero-order chi connectivity index (χ0) is 109. The molecule has 0 saturated heterocycles. The quantitative estimate of drug-likeness (QED) is 0.0160. The van der Waals surface area contributed by atoms with Gasteiger partial charge in [-0.3, -0.25) is 28.8 Å². The Hall–Kier alpha value is -16.6. The van der Waals surface area contributed by atoms with Crippen LogP contribution in [0.3, 0.4) is 0 Å². The number of ether oxygens (including phenoxy) is 2. The minimum atomic E-state index is -1.19. The smallest absolute Gasteiger partial charge is 0.339 e. The van der Waals surface area contributed by atoms with Crippen LogP contribution in [0, 0.1) is 69.2 Å². The van der Waals surface area contributed by atoms with Crippen LogP contribution < -0.4 is 41.4 Å². The van der Waals surface area contributed by atoms with E-state index in [1.165, 1.54) is 177 Å². The van der Waals surface area contributed by atoms with E-state index < -0.39 is 47.6 Å². The number of aryl methyl sites for hydroxylation is 10. The van der Waals surface area contributed by atoms with Crippen molar-refractivity contribution in [2.45, 2.75) is 165 Å². The van der Waals surface area contributed by atoms with Crippen molar-refractivity contribution < 1.29 is 97.6 Å². The Bertz CT molecular complexity index is 7030. The lowest BCUT2D eigenvalue weighted by Crippen LogP contribution is -2.18. The zero-order valence-corrected chi connectivity index (χ0v) is 87.9. The second kappa shape index (κ2) is 59.2. The van der Waals surface area contributed by atoms with Crippen molar-refractivity contribution in [1.82, 2.24) is 0 Å². The summed E-state index contributed by atoms with van der Waals surface area (Å²) in [6.45, 7) is 20.1. The van der Waals surface area contributed by atoms with Crippen molar-refractivity contribution in [2.24, 2.45) is 0 Å². The molecule has 26 nitrogen and oxygen atoms in total. The van der Waals surface area contributed by atoms with Gasteiger partial charge in [-0.05, 0) is 355 Å². The predicted octanol–water partition coefficient (Wildman–Crippen LogP) is 28.0. The second-order valence-corrected chi connectivity index (χ2v) is 37.4. The summed E-state index contributed by atoms with van der Waals surface area (Å²) in [5, 5.41) is 70.6. The molecule has 14 rings (SSSR count). The van der Waals surface area contributed by atoms with Gasteiger partial charge in [0.05, 0.1) is 78.5 Å². The van der Waals surface area contributed by atoms with E-state index in [4.69, 9.17) is 48.0 Å². The summed E-state index contributed by atoms with van der Waals surface area (Å²) >= 11 is 15.1. The fraction of sp³-hybridized carbons (Fsp3) is 0.207. The van der Waals surface area contributed by atoms with Gasteiger partial charge in [0, 0.05) is 46.6 Å². The first-order chi connectivity index (χ1) is 71.6. The van der Waals surface area contributed by atoms with Gasteiger partial charge in [-0.25, -0.2) is 28.8 Å². The number of carbonyl (C=O) groups is 12. The van der Waals surface area contributed by atoms with Crippen LogP contribution in [0.4, 0.5) is 34.1 Å². The molecule has 0 heterocycles. The first-order valence-electron chi connectivity index (χ1n) is 48.5. The lowest BCUT2D eigenvalue weighted by molar-refractivity contribution is -0.112. The highest BCUT2D eigenvalue weighted by Gasteiger charge is 2.22. The molecule has 12 aromatic carbocycles. The molecule has 0 radical (unpaired) electrons. The molecular weight excluding hydrogens is 2010 g/mol. The Kier molecular flexibility index (Phi) is 46.2. The Morgan fingerprint density at radius 1 is 0.273 bits per heavy atom. The van der Waals surface area contributed by atoms with E-state index in [1.807, 2.05) is 178 Å². The first-order valence-corrected chi connectivity index (χ1v) is 50.0. The monoisotopic (exact) mass is 2130 g/mol. The fourth-order valence-electron chi connectivity index (χ4n) is 15.4. The highest BCUT2D eigenvalue weighted by Crippen LogP contribution is 2.33. The molecule has 12 N–H and O–H groups in total. The number of hydrogen-bond acceptors (Lipinski definition) is 14. The van der Waals surface area contributed by atoms with Gasteiger partial charge in [0.15, 0.2) is 0 Å². The average Bonchev–Trinajstić information content (AvgIpc) is 0.866. The SMILES string of the molecule is Cc1cc(/C=C/C(=O)Nc2ccccc2C(=O)O)ccc1OC1CCCCCC1.Cc1cc(/C=C/C(=O)Nc2ccccc2C(=O)O)ccc1OC1CCCCCCC1.Cc1ccc(/C=C/C(=O)Nc2c(Cl)cccc2C(=O)O)cc1C.Cc1ccc(/C=C/C(=O)Nc2cc(Br)ccc2C(=O)O)cc1C.Cc1ccc(/C=C/C(=O)Nc2cccc(C(=O)O)c2)cc1C.Cc1ccc(/C=C/C(=O)Nc2cccc(Cl)c2C(=O)O)cc1C. The van der Waals surface area contributed by atoms with Crippen LogP contribution in [-0.4, -0.2) is 114 Å². The van der Waals surface area contributed by atoms with Crippen molar-refractivity contribution in [2.75, 3.05) is 31.9 Å². The second-order valence-electron chi connectivity index (χ2n) is 35.7. The summed E-state index contributed by atoms with van der Waals surface area (Å²) in [6, 6.07) is 67.7. The summed E-state index contributed by atoms with van der Waals surface area (Å²) < 4.78 is 13.2. The molecule has 12 aromatic rings. The molecule has 0 spiro atoms. The number of hydrogen-bond donors (Lipinski definition) is 12. The molecule has 0 bridgehead atoms. The number of nitrogens with one attached hydrogen (secondary N) is 6. The standard InChI is InChI=1S/C25H29NO4.C24H27NO4.C18H16BrNO3.2C18H16ClNO3.C18H17NO3/c1-18-17-19(13-15-23(18)30-20-9-5-3-2-4-6-10-20)14-16-24(27)26-22-12-8-7-11-21(22)25(28)29;1-17-16-18(12-14-22(17)29-19-8-4-2-3-5-9-19)13-15-23(26)25-21-11-7-6-10-20(21)24(27)28;1-11-3-4-13(9-12(11)2)5-8-17(21)20-16-10-14(19)6-7-15(16)18(22)23;1-11-6-7-13(10-12(11)2)8-9-16(21)20-15-5-3-4-14(19)17(15)18(22)23;1-11-6-7-13(10-12(11)2)8-9-16(21)20-17-14(18(22)23)4-3-5-15(17)19;1-12-6-7-14(10-13(12)2)8-9-17(20)19-16-5-3-4-15(11-16)18(21)22/h7-8,11-17,20H,2-6,9-10H2,1H3,(H,26,27)(H,28,29);6-7,10-16,19H,2-5,8-9H2,1H3,(H,25,26)(H,27,28);3*3-10H,1-2H3,(H,20,21)(H,22,23);3-11H,1-2H3,(H,19,20)(H,21,22)/b16-14+;15-13+;8-5+;3*9-8+. The lowest BCUT2D eigenvalue weighted by atomic mass is 9.98. The molecule has 6 amide bonds. The number of carbonyl (C=O) groups excluding carboxylic acids is 6. The van der Waals surface area contributed by atoms with Gasteiger partial charge in [0.25, 0.3) is 0 Å². The van der Waals surface area contributed by atoms with Crippen LogP contribution in [0.25, 0.3) is 36.5 Å². The van der Waals surface area contributed by atoms with Crippen LogP contribution in [0.1, 0.15) is 235 Å². The number of para-hydroxylation sites is 3. The van der Waals surface area contributed by atoms with E-state index >= 15 is 0 Å². The number of aromatic carboxylic acids is 6. The molecule has 0 aliphatic heterocycles. The molecule has 2 fully saturated rings. The van der Waals surface area contributed by atoms with Gasteiger partial charge in [-0.1, -0.05) is 199 Å². The molecule has 776 valence electrons. The third-order valence-corrected chi connectivity index (χ3v) is 25.3. The third-order valence-electron chi connectivity index (χ3n) is 24.2. The van der Waals surface area contributed by atoms with Crippen molar-refractivity contribution in [1.29, 1.82) is 0 Å². The molecule has 0 aromatic heterocycles. The maximum Gasteiger partial charge on any atom is 0.339 e. The van der Waals surface area contributed by atoms with Crippen molar-refractivity contribution in [3.63, 3.8) is 0 Å². The normalized spacial score (nSPS) is 12.5. The number of carboxylic acids is 6. The summed E-state index contributed by atoms with van der Waals surface area (Å²) in [5.41, 5.74) is 18.4. The van der Waals surface area contributed by atoms with Crippen molar-refractivity contribution in [3.05, 3.63) is 410 Å². The molecule has 0 atom stereocenters. The average molecular weight is 2130 g/mol.